The van der Waals surface area contributed by atoms with Gasteiger partial charge in [-0.2, -0.15) is 5.10 Å². The molecule has 0 aliphatic carbocycles. The number of carbonyl (C=O) groups is 3. The van der Waals surface area contributed by atoms with Crippen LogP contribution in [0.15, 0.2) is 65.8 Å². The molecule has 1 aliphatic rings. The zero-order valence-electron chi connectivity index (χ0n) is 20.4. The highest BCUT2D eigenvalue weighted by Crippen LogP contribution is 2.32. The summed E-state index contributed by atoms with van der Waals surface area (Å²) in [6, 6.07) is 17.8. The Morgan fingerprint density at radius 3 is 2.54 bits per heavy atom. The van der Waals surface area contributed by atoms with Gasteiger partial charge in [-0.3, -0.25) is 14.4 Å². The van der Waals surface area contributed by atoms with Crippen molar-refractivity contribution in [1.29, 1.82) is 0 Å². The van der Waals surface area contributed by atoms with Crippen molar-refractivity contribution in [3.63, 3.8) is 0 Å². The van der Waals surface area contributed by atoms with Gasteiger partial charge in [-0.05, 0) is 72.5 Å². The first-order chi connectivity index (χ1) is 17.9. The summed E-state index contributed by atoms with van der Waals surface area (Å²) in [4.78, 5) is 36.3. The Kier molecular flexibility index (Phi) is 7.99. The zero-order chi connectivity index (χ0) is 26.2. The van der Waals surface area contributed by atoms with E-state index < -0.39 is 11.8 Å². The van der Waals surface area contributed by atoms with Crippen LogP contribution in [0.4, 0.5) is 5.69 Å². The molecule has 3 N–H and O–H groups in total. The summed E-state index contributed by atoms with van der Waals surface area (Å²) in [7, 11) is 0. The van der Waals surface area contributed by atoms with Crippen molar-refractivity contribution in [3.05, 3.63) is 82.9 Å². The molecule has 3 aromatic rings. The lowest BCUT2D eigenvalue weighted by Gasteiger charge is -2.09. The molecule has 1 heterocycles. The number of fused-ring (bicyclic) bond motifs is 1. The van der Waals surface area contributed by atoms with E-state index in [1.165, 1.54) is 6.21 Å². The summed E-state index contributed by atoms with van der Waals surface area (Å²) in [6.07, 6.45) is 1.37. The minimum Gasteiger partial charge on any atom is -0.484 e. The number of carbonyl (C=O) groups excluding carboxylic acids is 3. The van der Waals surface area contributed by atoms with Crippen molar-refractivity contribution >= 4 is 29.6 Å². The fraction of sp³-hybridized carbons (Fsp3) is 0.185. The molecule has 190 valence electrons. The topological polar surface area (TPSA) is 127 Å². The van der Waals surface area contributed by atoms with E-state index in [0.717, 1.165) is 16.7 Å². The number of ether oxygens (including phenoxy) is 3. The van der Waals surface area contributed by atoms with E-state index in [1.54, 1.807) is 42.5 Å². The van der Waals surface area contributed by atoms with Crippen molar-refractivity contribution in [2.45, 2.75) is 20.4 Å². The van der Waals surface area contributed by atoms with Gasteiger partial charge >= 0.3 is 11.8 Å². The summed E-state index contributed by atoms with van der Waals surface area (Å²) in [5.74, 6) is -0.351. The second-order valence-corrected chi connectivity index (χ2v) is 8.36. The first kappa shape index (κ1) is 25.2. The number of hydrazone groups is 1. The molecule has 0 radical (unpaired) electrons. The average Bonchev–Trinajstić information content (AvgIpc) is 3.33. The highest BCUT2D eigenvalue weighted by Gasteiger charge is 2.15. The second kappa shape index (κ2) is 11.7. The largest absolute Gasteiger partial charge is 0.484 e. The van der Waals surface area contributed by atoms with Gasteiger partial charge in [-0.1, -0.05) is 24.3 Å². The Labute approximate surface area is 213 Å². The summed E-state index contributed by atoms with van der Waals surface area (Å²) in [6.45, 7) is 4.05. The predicted molar refractivity (Wildman–Crippen MR) is 137 cm³/mol. The molecule has 0 aromatic heterocycles. The fourth-order valence-electron chi connectivity index (χ4n) is 3.61. The maximum Gasteiger partial charge on any atom is 0.329 e. The second-order valence-electron chi connectivity index (χ2n) is 8.36. The lowest BCUT2D eigenvalue weighted by Crippen LogP contribution is -2.37. The summed E-state index contributed by atoms with van der Waals surface area (Å²) < 4.78 is 16.1. The number of hydrogen-bond acceptors (Lipinski definition) is 7. The smallest absolute Gasteiger partial charge is 0.329 e. The molecule has 0 spiro atoms. The van der Waals surface area contributed by atoms with Crippen LogP contribution in [0.3, 0.4) is 0 Å². The van der Waals surface area contributed by atoms with Crippen LogP contribution >= 0.6 is 0 Å². The molecule has 37 heavy (non-hydrogen) atoms. The van der Waals surface area contributed by atoms with Gasteiger partial charge in [-0.25, -0.2) is 5.43 Å². The van der Waals surface area contributed by atoms with Crippen LogP contribution in [0.1, 0.15) is 22.3 Å². The van der Waals surface area contributed by atoms with Gasteiger partial charge in [0, 0.05) is 12.2 Å². The molecule has 0 unspecified atom stereocenters. The SMILES string of the molecule is Cc1cc(C)cc(NC(=O)COc2cccc(/C=N\NC(=O)C(=O)NCc3ccc4c(c3)OCO4)c2)c1. The van der Waals surface area contributed by atoms with Gasteiger partial charge in [0.2, 0.25) is 6.79 Å². The van der Waals surface area contributed by atoms with Crippen molar-refractivity contribution in [2.24, 2.45) is 5.10 Å². The van der Waals surface area contributed by atoms with Crippen LogP contribution in [0, 0.1) is 13.8 Å². The van der Waals surface area contributed by atoms with Crippen LogP contribution < -0.4 is 30.3 Å². The molecule has 0 atom stereocenters. The highest BCUT2D eigenvalue weighted by molar-refractivity contribution is 6.35. The van der Waals surface area contributed by atoms with Crippen LogP contribution in [0.2, 0.25) is 0 Å². The lowest BCUT2D eigenvalue weighted by atomic mass is 10.1. The van der Waals surface area contributed by atoms with Crippen molar-refractivity contribution in [1.82, 2.24) is 10.7 Å². The average molecular weight is 503 g/mol. The number of rotatable bonds is 8. The standard InChI is InChI=1S/C27H26N4O6/c1-17-8-18(2)10-21(9-17)30-25(32)15-35-22-5-3-4-19(11-22)14-29-31-27(34)26(33)28-13-20-6-7-23-24(12-20)37-16-36-23/h3-12,14H,13,15-16H2,1-2H3,(H,28,33)(H,30,32)(H,31,34)/b29-14-. The summed E-state index contributed by atoms with van der Waals surface area (Å²) >= 11 is 0. The van der Waals surface area contributed by atoms with Gasteiger partial charge in [0.1, 0.15) is 5.75 Å². The van der Waals surface area contributed by atoms with Gasteiger partial charge < -0.3 is 24.8 Å². The third kappa shape index (κ3) is 7.31. The Morgan fingerprint density at radius 1 is 0.946 bits per heavy atom. The molecule has 4 rings (SSSR count). The number of anilines is 1. The van der Waals surface area contributed by atoms with Crippen molar-refractivity contribution < 1.29 is 28.6 Å². The van der Waals surface area contributed by atoms with Gasteiger partial charge in [0.15, 0.2) is 18.1 Å². The molecule has 3 aromatic carbocycles. The summed E-state index contributed by atoms with van der Waals surface area (Å²) in [5.41, 5.74) is 6.36. The molecule has 0 fully saturated rings. The van der Waals surface area contributed by atoms with E-state index in [1.807, 2.05) is 32.0 Å². The zero-order valence-corrected chi connectivity index (χ0v) is 20.4. The van der Waals surface area contributed by atoms with Crippen molar-refractivity contribution in [3.8, 4) is 17.2 Å². The molecule has 10 heteroatoms. The number of benzene rings is 3. The summed E-state index contributed by atoms with van der Waals surface area (Å²) in [5, 5.41) is 9.15. The molecule has 10 nitrogen and oxygen atoms in total. The molecule has 3 amide bonds. The van der Waals surface area contributed by atoms with E-state index in [9.17, 15) is 14.4 Å². The molecular weight excluding hydrogens is 476 g/mol. The number of hydrogen-bond donors (Lipinski definition) is 3. The maximum atomic E-state index is 12.2. The molecule has 1 aliphatic heterocycles. The van der Waals surface area contributed by atoms with Gasteiger partial charge in [0.05, 0.1) is 6.21 Å². The third-order valence-electron chi connectivity index (χ3n) is 5.21. The number of nitrogens with zero attached hydrogens (tertiary/aromatic N) is 1. The number of aryl methyl sites for hydroxylation is 2. The lowest BCUT2D eigenvalue weighted by molar-refractivity contribution is -0.139. The van der Waals surface area contributed by atoms with E-state index in [4.69, 9.17) is 14.2 Å². The first-order valence-electron chi connectivity index (χ1n) is 11.5. The number of nitrogens with one attached hydrogen (secondary N) is 3. The van der Waals surface area contributed by atoms with Gasteiger partial charge in [0.25, 0.3) is 5.91 Å². The van der Waals surface area contributed by atoms with Crippen LogP contribution in [0.25, 0.3) is 0 Å². The normalized spacial score (nSPS) is 11.7. The fourth-order valence-corrected chi connectivity index (χ4v) is 3.61. The molecule has 0 saturated heterocycles. The van der Waals surface area contributed by atoms with Gasteiger partial charge in [-0.15, -0.1) is 0 Å². The predicted octanol–water partition coefficient (Wildman–Crippen LogP) is 2.82. The van der Waals surface area contributed by atoms with Crippen LogP contribution in [-0.4, -0.2) is 37.3 Å². The van der Waals surface area contributed by atoms with Crippen molar-refractivity contribution in [2.75, 3.05) is 18.7 Å². The molecular formula is C27H26N4O6. The number of amides is 3. The van der Waals surface area contributed by atoms with E-state index >= 15 is 0 Å². The van der Waals surface area contributed by atoms with E-state index in [2.05, 4.69) is 21.2 Å². The van der Waals surface area contributed by atoms with E-state index in [-0.39, 0.29) is 25.9 Å². The molecule has 0 saturated carbocycles. The van der Waals surface area contributed by atoms with Crippen LogP contribution in [0.5, 0.6) is 17.2 Å². The van der Waals surface area contributed by atoms with Crippen LogP contribution in [-0.2, 0) is 20.9 Å². The maximum absolute atomic E-state index is 12.2. The quantitative estimate of drug-likeness (QED) is 0.247. The minimum atomic E-state index is -0.910. The Hall–Kier alpha value is -4.86. The minimum absolute atomic E-state index is 0.142. The third-order valence-corrected chi connectivity index (χ3v) is 5.21. The monoisotopic (exact) mass is 502 g/mol. The first-order valence-corrected chi connectivity index (χ1v) is 11.5. The van der Waals surface area contributed by atoms with E-state index in [0.29, 0.717) is 28.5 Å². The molecule has 0 bridgehead atoms. The highest BCUT2D eigenvalue weighted by atomic mass is 16.7. The Balaban J connectivity index is 1.22. The Morgan fingerprint density at radius 2 is 1.73 bits per heavy atom. The Bertz CT molecular complexity index is 1330.